The summed E-state index contributed by atoms with van der Waals surface area (Å²) in [5.74, 6) is 0.698. The first-order valence-electron chi connectivity index (χ1n) is 5.18. The van der Waals surface area contributed by atoms with Crippen LogP contribution in [0.25, 0.3) is 0 Å². The molecule has 94 valence electrons. The molecule has 0 unspecified atom stereocenters. The van der Waals surface area contributed by atoms with Gasteiger partial charge in [-0.2, -0.15) is 0 Å². The summed E-state index contributed by atoms with van der Waals surface area (Å²) in [4.78, 5) is 0.933. The molecule has 2 N–H and O–H groups in total. The van der Waals surface area contributed by atoms with Crippen LogP contribution in [-0.2, 0) is 5.75 Å². The van der Waals surface area contributed by atoms with E-state index in [1.54, 1.807) is 36.0 Å². The molecule has 5 heteroatoms. The number of nitrogen functional groups attached to an aromatic ring is 1. The van der Waals surface area contributed by atoms with Crippen LogP contribution in [-0.4, -0.2) is 0 Å². The van der Waals surface area contributed by atoms with E-state index in [2.05, 4.69) is 0 Å². The van der Waals surface area contributed by atoms with Crippen molar-refractivity contribution in [2.45, 2.75) is 10.6 Å². The molecule has 0 heterocycles. The van der Waals surface area contributed by atoms with Crippen LogP contribution in [0.5, 0.6) is 0 Å². The molecule has 0 bridgehead atoms. The minimum absolute atomic E-state index is 0.667. The van der Waals surface area contributed by atoms with Crippen molar-refractivity contribution < 1.29 is 0 Å². The highest BCUT2D eigenvalue weighted by Gasteiger charge is 2.05. The third kappa shape index (κ3) is 3.48. The Bertz CT molecular complexity index is 521. The van der Waals surface area contributed by atoms with Crippen molar-refractivity contribution in [3.8, 4) is 0 Å². The SMILES string of the molecule is Nc1ccc(Cl)c(CSc2cc(Cl)ccc2Cl)c1. The lowest BCUT2D eigenvalue weighted by atomic mass is 10.2. The van der Waals surface area contributed by atoms with Crippen LogP contribution in [0.15, 0.2) is 41.3 Å². The van der Waals surface area contributed by atoms with Crippen molar-refractivity contribution in [2.24, 2.45) is 0 Å². The van der Waals surface area contributed by atoms with E-state index in [4.69, 9.17) is 40.5 Å². The van der Waals surface area contributed by atoms with Gasteiger partial charge in [-0.3, -0.25) is 0 Å². The summed E-state index contributed by atoms with van der Waals surface area (Å²) in [5.41, 5.74) is 7.42. The largest absolute Gasteiger partial charge is 0.399 e. The summed E-state index contributed by atoms with van der Waals surface area (Å²) in [5, 5.41) is 2.06. The van der Waals surface area contributed by atoms with Gasteiger partial charge in [0.2, 0.25) is 0 Å². The summed E-state index contributed by atoms with van der Waals surface area (Å²) in [6.45, 7) is 0. The lowest BCUT2D eigenvalue weighted by Gasteiger charge is -2.07. The predicted octanol–water partition coefficient (Wildman–Crippen LogP) is 5.52. The number of hydrogen-bond acceptors (Lipinski definition) is 2. The van der Waals surface area contributed by atoms with Gasteiger partial charge in [-0.15, -0.1) is 11.8 Å². The monoisotopic (exact) mass is 317 g/mol. The quantitative estimate of drug-likeness (QED) is 0.595. The topological polar surface area (TPSA) is 26.0 Å². The van der Waals surface area contributed by atoms with Crippen molar-refractivity contribution in [1.82, 2.24) is 0 Å². The summed E-state index contributed by atoms with van der Waals surface area (Å²) >= 11 is 19.7. The Kier molecular flexibility index (Phi) is 4.68. The van der Waals surface area contributed by atoms with Crippen LogP contribution in [0.2, 0.25) is 15.1 Å². The van der Waals surface area contributed by atoms with Gasteiger partial charge in [0.05, 0.1) is 5.02 Å². The second-order valence-electron chi connectivity index (χ2n) is 3.71. The number of rotatable bonds is 3. The fraction of sp³-hybridized carbons (Fsp3) is 0.0769. The first-order valence-corrected chi connectivity index (χ1v) is 7.30. The Labute approximate surface area is 125 Å². The van der Waals surface area contributed by atoms with E-state index < -0.39 is 0 Å². The molecule has 0 aliphatic rings. The van der Waals surface area contributed by atoms with Crippen molar-refractivity contribution in [3.63, 3.8) is 0 Å². The lowest BCUT2D eigenvalue weighted by Crippen LogP contribution is -1.89. The van der Waals surface area contributed by atoms with Gasteiger partial charge in [0.15, 0.2) is 0 Å². The Morgan fingerprint density at radius 1 is 0.944 bits per heavy atom. The van der Waals surface area contributed by atoms with Gasteiger partial charge in [-0.25, -0.2) is 0 Å². The number of thioether (sulfide) groups is 1. The highest BCUT2D eigenvalue weighted by Crippen LogP contribution is 2.33. The zero-order chi connectivity index (χ0) is 13.1. The van der Waals surface area contributed by atoms with Gasteiger partial charge in [0.1, 0.15) is 0 Å². The molecule has 2 rings (SSSR count). The maximum atomic E-state index is 6.11. The highest BCUT2D eigenvalue weighted by atomic mass is 35.5. The number of hydrogen-bond donors (Lipinski definition) is 1. The molecule has 18 heavy (non-hydrogen) atoms. The molecule has 2 aromatic carbocycles. The first kappa shape index (κ1) is 13.9. The summed E-state index contributed by atoms with van der Waals surface area (Å²) < 4.78 is 0. The molecule has 0 spiro atoms. The third-order valence-electron chi connectivity index (χ3n) is 2.35. The van der Waals surface area contributed by atoms with Crippen LogP contribution >= 0.6 is 46.6 Å². The molecule has 0 aliphatic heterocycles. The number of halogens is 3. The van der Waals surface area contributed by atoms with Crippen molar-refractivity contribution in [1.29, 1.82) is 0 Å². The molecule has 0 saturated heterocycles. The average Bonchev–Trinajstić information content (AvgIpc) is 2.34. The highest BCUT2D eigenvalue weighted by molar-refractivity contribution is 7.98. The van der Waals surface area contributed by atoms with Gasteiger partial charge >= 0.3 is 0 Å². The molecular formula is C13H10Cl3NS. The van der Waals surface area contributed by atoms with Gasteiger partial charge in [0.25, 0.3) is 0 Å². The van der Waals surface area contributed by atoms with E-state index in [1.807, 2.05) is 12.1 Å². The van der Waals surface area contributed by atoms with E-state index in [-0.39, 0.29) is 0 Å². The minimum atomic E-state index is 0.667. The fourth-order valence-corrected chi connectivity index (χ4v) is 3.20. The summed E-state index contributed by atoms with van der Waals surface area (Å²) in [7, 11) is 0. The third-order valence-corrected chi connectivity index (χ3v) is 4.50. The van der Waals surface area contributed by atoms with Crippen molar-refractivity contribution >= 4 is 52.3 Å². The second kappa shape index (κ2) is 6.07. The standard InChI is InChI=1S/C13H10Cl3NS/c14-9-1-3-12(16)13(6-9)18-7-8-5-10(17)2-4-11(8)15/h1-6H,7,17H2. The lowest BCUT2D eigenvalue weighted by molar-refractivity contribution is 1.38. The van der Waals surface area contributed by atoms with Gasteiger partial charge in [-0.1, -0.05) is 34.8 Å². The van der Waals surface area contributed by atoms with E-state index in [0.717, 1.165) is 10.5 Å². The molecule has 0 aliphatic carbocycles. The summed E-state index contributed by atoms with van der Waals surface area (Å²) in [6, 6.07) is 10.8. The molecule has 0 radical (unpaired) electrons. The summed E-state index contributed by atoms with van der Waals surface area (Å²) in [6.07, 6.45) is 0. The Hall–Kier alpha value is -0.540. The van der Waals surface area contributed by atoms with Crippen LogP contribution in [0, 0.1) is 0 Å². The number of anilines is 1. The van der Waals surface area contributed by atoms with E-state index in [1.165, 1.54) is 0 Å². The maximum Gasteiger partial charge on any atom is 0.0543 e. The zero-order valence-corrected chi connectivity index (χ0v) is 12.4. The Balaban J connectivity index is 2.16. The average molecular weight is 319 g/mol. The van der Waals surface area contributed by atoms with Crippen LogP contribution in [0.1, 0.15) is 5.56 Å². The molecule has 0 atom stereocenters. The fourth-order valence-electron chi connectivity index (χ4n) is 1.45. The predicted molar refractivity (Wildman–Crippen MR) is 81.9 cm³/mol. The molecule has 0 saturated carbocycles. The molecule has 0 amide bonds. The number of nitrogens with two attached hydrogens (primary N) is 1. The van der Waals surface area contributed by atoms with Crippen molar-refractivity contribution in [2.75, 3.05) is 5.73 Å². The van der Waals surface area contributed by atoms with E-state index >= 15 is 0 Å². The minimum Gasteiger partial charge on any atom is -0.399 e. The smallest absolute Gasteiger partial charge is 0.0543 e. The van der Waals surface area contributed by atoms with E-state index in [0.29, 0.717) is 26.5 Å². The maximum absolute atomic E-state index is 6.11. The van der Waals surface area contributed by atoms with Crippen LogP contribution < -0.4 is 5.73 Å². The molecule has 0 fully saturated rings. The Morgan fingerprint density at radius 2 is 1.67 bits per heavy atom. The molecular weight excluding hydrogens is 309 g/mol. The van der Waals surface area contributed by atoms with E-state index in [9.17, 15) is 0 Å². The Morgan fingerprint density at radius 3 is 2.44 bits per heavy atom. The molecule has 2 aromatic rings. The normalized spacial score (nSPS) is 10.6. The van der Waals surface area contributed by atoms with Gasteiger partial charge in [-0.05, 0) is 42.0 Å². The van der Waals surface area contributed by atoms with Crippen LogP contribution in [0.3, 0.4) is 0 Å². The molecule has 0 aromatic heterocycles. The van der Waals surface area contributed by atoms with Gasteiger partial charge in [0, 0.05) is 26.4 Å². The van der Waals surface area contributed by atoms with Crippen molar-refractivity contribution in [3.05, 3.63) is 57.0 Å². The van der Waals surface area contributed by atoms with Gasteiger partial charge < -0.3 is 5.73 Å². The second-order valence-corrected chi connectivity index (χ2v) is 5.98. The first-order chi connectivity index (χ1) is 8.56. The zero-order valence-electron chi connectivity index (χ0n) is 9.29. The molecule has 1 nitrogen and oxygen atoms in total. The number of benzene rings is 2. The van der Waals surface area contributed by atoms with Crippen LogP contribution in [0.4, 0.5) is 5.69 Å².